The van der Waals surface area contributed by atoms with Crippen LogP contribution >= 0.6 is 11.6 Å². The van der Waals surface area contributed by atoms with Crippen molar-refractivity contribution in [3.63, 3.8) is 0 Å². The van der Waals surface area contributed by atoms with E-state index in [1.54, 1.807) is 10.9 Å². The predicted octanol–water partition coefficient (Wildman–Crippen LogP) is 3.25. The minimum Gasteiger partial charge on any atom is -0.463 e. The van der Waals surface area contributed by atoms with Gasteiger partial charge in [-0.05, 0) is 38.1 Å². The van der Waals surface area contributed by atoms with Crippen LogP contribution in [0.15, 0.2) is 53.1 Å². The van der Waals surface area contributed by atoms with Crippen molar-refractivity contribution in [2.45, 2.75) is 26.4 Å². The number of aryl methyl sites for hydroxylation is 1. The summed E-state index contributed by atoms with van der Waals surface area (Å²) in [5, 5.41) is 7.43. The SMILES string of the molecule is Cc1nn(-c2ccccc2)c(Cl)c1C[NH2+][C@@H](C)c1ccco1. The fourth-order valence-electron chi connectivity index (χ4n) is 2.46. The molecule has 3 rings (SSSR count). The Kier molecular flexibility index (Phi) is 4.32. The van der Waals surface area contributed by atoms with Crippen molar-refractivity contribution >= 4 is 11.6 Å². The number of aromatic nitrogens is 2. The Morgan fingerprint density at radius 2 is 2.00 bits per heavy atom. The number of halogens is 1. The highest BCUT2D eigenvalue weighted by Gasteiger charge is 2.18. The van der Waals surface area contributed by atoms with Gasteiger partial charge in [0.05, 0.1) is 23.2 Å². The number of nitrogens with two attached hydrogens (primary N) is 1. The van der Waals surface area contributed by atoms with E-state index < -0.39 is 0 Å². The molecular formula is C17H19ClN3O+. The molecule has 0 radical (unpaired) electrons. The number of para-hydroxylation sites is 1. The van der Waals surface area contributed by atoms with Crippen LogP contribution in [-0.2, 0) is 6.54 Å². The van der Waals surface area contributed by atoms with Crippen LogP contribution in [-0.4, -0.2) is 9.78 Å². The normalized spacial score (nSPS) is 12.5. The zero-order chi connectivity index (χ0) is 15.5. The van der Waals surface area contributed by atoms with E-state index in [1.165, 1.54) is 0 Å². The van der Waals surface area contributed by atoms with Gasteiger partial charge in [-0.3, -0.25) is 0 Å². The molecule has 2 heterocycles. The van der Waals surface area contributed by atoms with Gasteiger partial charge in [0.25, 0.3) is 0 Å². The third kappa shape index (κ3) is 2.93. The number of quaternary nitrogens is 1. The first kappa shape index (κ1) is 14.9. The maximum absolute atomic E-state index is 6.53. The number of hydrogen-bond acceptors (Lipinski definition) is 2. The highest BCUT2D eigenvalue weighted by atomic mass is 35.5. The van der Waals surface area contributed by atoms with Gasteiger partial charge in [0.15, 0.2) is 5.76 Å². The molecule has 5 heteroatoms. The van der Waals surface area contributed by atoms with Crippen LogP contribution in [0.1, 0.15) is 30.0 Å². The number of nitrogens with zero attached hydrogens (tertiary/aromatic N) is 2. The van der Waals surface area contributed by atoms with Crippen molar-refractivity contribution in [1.29, 1.82) is 0 Å². The minimum atomic E-state index is 0.241. The predicted molar refractivity (Wildman–Crippen MR) is 86.1 cm³/mol. The molecule has 0 bridgehead atoms. The first-order valence-corrected chi connectivity index (χ1v) is 7.70. The lowest BCUT2D eigenvalue weighted by Crippen LogP contribution is -2.83. The second kappa shape index (κ2) is 6.38. The summed E-state index contributed by atoms with van der Waals surface area (Å²) in [6.45, 7) is 4.87. The van der Waals surface area contributed by atoms with Crippen molar-refractivity contribution in [2.24, 2.45) is 0 Å². The molecule has 1 atom stereocenters. The molecule has 0 unspecified atom stereocenters. The lowest BCUT2D eigenvalue weighted by molar-refractivity contribution is -0.709. The summed E-state index contributed by atoms with van der Waals surface area (Å²) < 4.78 is 7.22. The van der Waals surface area contributed by atoms with Crippen LogP contribution in [0, 0.1) is 6.92 Å². The lowest BCUT2D eigenvalue weighted by Gasteiger charge is -2.08. The molecule has 2 N–H and O–H groups in total. The highest BCUT2D eigenvalue weighted by molar-refractivity contribution is 6.30. The summed E-state index contributed by atoms with van der Waals surface area (Å²) in [7, 11) is 0. The fourth-order valence-corrected chi connectivity index (χ4v) is 2.81. The van der Waals surface area contributed by atoms with Crippen LogP contribution in [0.4, 0.5) is 0 Å². The van der Waals surface area contributed by atoms with Gasteiger partial charge >= 0.3 is 0 Å². The number of hydrogen-bond donors (Lipinski definition) is 1. The van der Waals surface area contributed by atoms with E-state index in [9.17, 15) is 0 Å². The molecule has 0 aliphatic rings. The van der Waals surface area contributed by atoms with Gasteiger partial charge in [0, 0.05) is 0 Å². The smallest absolute Gasteiger partial charge is 0.160 e. The molecule has 114 valence electrons. The molecule has 3 aromatic rings. The lowest BCUT2D eigenvalue weighted by atomic mass is 10.2. The summed E-state index contributed by atoms with van der Waals surface area (Å²) in [4.78, 5) is 0. The van der Waals surface area contributed by atoms with E-state index in [4.69, 9.17) is 16.0 Å². The van der Waals surface area contributed by atoms with Crippen molar-refractivity contribution in [2.75, 3.05) is 0 Å². The summed E-state index contributed by atoms with van der Waals surface area (Å²) in [5.41, 5.74) is 2.99. The van der Waals surface area contributed by atoms with Crippen molar-refractivity contribution < 1.29 is 9.73 Å². The molecule has 0 spiro atoms. The Bertz CT molecular complexity index is 735. The monoisotopic (exact) mass is 316 g/mol. The Labute approximate surface area is 134 Å². The van der Waals surface area contributed by atoms with E-state index in [-0.39, 0.29) is 6.04 Å². The molecule has 0 aliphatic carbocycles. The first-order chi connectivity index (χ1) is 10.7. The summed E-state index contributed by atoms with van der Waals surface area (Å²) in [5.74, 6) is 0.962. The molecule has 0 saturated heterocycles. The number of rotatable bonds is 5. The van der Waals surface area contributed by atoms with Crippen molar-refractivity contribution in [3.05, 3.63) is 70.9 Å². The average molecular weight is 317 g/mol. The van der Waals surface area contributed by atoms with Gasteiger partial charge in [-0.2, -0.15) is 5.10 Å². The average Bonchev–Trinajstić information content (AvgIpc) is 3.15. The van der Waals surface area contributed by atoms with Gasteiger partial charge in [0.1, 0.15) is 17.7 Å². The summed E-state index contributed by atoms with van der Waals surface area (Å²) in [6.07, 6.45) is 1.70. The van der Waals surface area contributed by atoms with E-state index in [2.05, 4.69) is 17.3 Å². The molecule has 0 amide bonds. The van der Waals surface area contributed by atoms with Gasteiger partial charge < -0.3 is 9.73 Å². The summed E-state index contributed by atoms with van der Waals surface area (Å²) in [6, 6.07) is 14.1. The van der Waals surface area contributed by atoms with Gasteiger partial charge in [-0.1, -0.05) is 29.8 Å². The molecule has 0 fully saturated rings. The van der Waals surface area contributed by atoms with Crippen LogP contribution in [0.25, 0.3) is 5.69 Å². The Hall–Kier alpha value is -2.04. The molecule has 0 saturated carbocycles. The van der Waals surface area contributed by atoms with Crippen LogP contribution < -0.4 is 5.32 Å². The topological polar surface area (TPSA) is 47.6 Å². The van der Waals surface area contributed by atoms with Crippen molar-refractivity contribution in [3.8, 4) is 5.69 Å². The molecular weight excluding hydrogens is 298 g/mol. The Morgan fingerprint density at radius 3 is 2.68 bits per heavy atom. The van der Waals surface area contributed by atoms with E-state index in [0.717, 1.165) is 29.2 Å². The van der Waals surface area contributed by atoms with Crippen LogP contribution in [0.3, 0.4) is 0 Å². The quantitative estimate of drug-likeness (QED) is 0.785. The zero-order valence-corrected chi connectivity index (χ0v) is 13.4. The molecule has 1 aromatic carbocycles. The third-order valence-electron chi connectivity index (χ3n) is 3.79. The highest BCUT2D eigenvalue weighted by Crippen LogP contribution is 2.22. The maximum atomic E-state index is 6.53. The fraction of sp³-hybridized carbons (Fsp3) is 0.235. The molecule has 22 heavy (non-hydrogen) atoms. The van der Waals surface area contributed by atoms with Crippen molar-refractivity contribution in [1.82, 2.24) is 9.78 Å². The third-order valence-corrected chi connectivity index (χ3v) is 4.18. The standard InChI is InChI=1S/C17H18ClN3O/c1-12-15(11-19-13(2)16-9-6-10-22-16)17(18)21(20-12)14-7-4-3-5-8-14/h3-10,13,19H,11H2,1-2H3/p+1/t13-/m0/s1. The second-order valence-electron chi connectivity index (χ2n) is 5.35. The number of benzene rings is 1. The Morgan fingerprint density at radius 1 is 1.23 bits per heavy atom. The maximum Gasteiger partial charge on any atom is 0.160 e. The van der Waals surface area contributed by atoms with E-state index in [1.807, 2.05) is 49.4 Å². The van der Waals surface area contributed by atoms with Crippen LogP contribution in [0.2, 0.25) is 5.15 Å². The first-order valence-electron chi connectivity index (χ1n) is 7.33. The van der Waals surface area contributed by atoms with Gasteiger partial charge in [-0.15, -0.1) is 0 Å². The van der Waals surface area contributed by atoms with E-state index >= 15 is 0 Å². The zero-order valence-electron chi connectivity index (χ0n) is 12.7. The largest absolute Gasteiger partial charge is 0.463 e. The minimum absolute atomic E-state index is 0.241. The second-order valence-corrected chi connectivity index (χ2v) is 5.70. The summed E-state index contributed by atoms with van der Waals surface area (Å²) >= 11 is 6.53. The number of furan rings is 1. The van der Waals surface area contributed by atoms with Gasteiger partial charge in [0.2, 0.25) is 0 Å². The van der Waals surface area contributed by atoms with E-state index in [0.29, 0.717) is 5.15 Å². The molecule has 0 aliphatic heterocycles. The van der Waals surface area contributed by atoms with Gasteiger partial charge in [-0.25, -0.2) is 4.68 Å². The Balaban J connectivity index is 1.79. The molecule has 2 aromatic heterocycles. The molecule has 4 nitrogen and oxygen atoms in total. The van der Waals surface area contributed by atoms with Crippen LogP contribution in [0.5, 0.6) is 0 Å².